The van der Waals surface area contributed by atoms with Crippen molar-refractivity contribution in [3.05, 3.63) is 28.8 Å². The molecule has 0 bridgehead atoms. The summed E-state index contributed by atoms with van der Waals surface area (Å²) in [6.45, 7) is 3.77. The van der Waals surface area contributed by atoms with Gasteiger partial charge in [0.25, 0.3) is 0 Å². The molecule has 88 valence electrons. The van der Waals surface area contributed by atoms with E-state index in [1.807, 2.05) is 32.0 Å². The molecule has 1 atom stereocenters. The molecule has 0 heterocycles. The molecule has 1 amide bonds. The van der Waals surface area contributed by atoms with Crippen molar-refractivity contribution in [3.63, 3.8) is 0 Å². The van der Waals surface area contributed by atoms with Crippen molar-refractivity contribution >= 4 is 23.2 Å². The quantitative estimate of drug-likeness (QED) is 0.881. The van der Waals surface area contributed by atoms with Crippen molar-refractivity contribution in [2.75, 3.05) is 19.4 Å². The SMILES string of the molecule is Cc1ccc(NC(C)C(=O)N(C)C)cc1Cl. The molecule has 0 radical (unpaired) electrons. The first-order valence-corrected chi connectivity index (χ1v) is 5.53. The van der Waals surface area contributed by atoms with Crippen LogP contribution in [0.15, 0.2) is 18.2 Å². The van der Waals surface area contributed by atoms with Crippen molar-refractivity contribution < 1.29 is 4.79 Å². The Morgan fingerprint density at radius 1 is 1.44 bits per heavy atom. The maximum atomic E-state index is 11.6. The fraction of sp³-hybridized carbons (Fsp3) is 0.417. The smallest absolute Gasteiger partial charge is 0.244 e. The van der Waals surface area contributed by atoms with E-state index in [0.717, 1.165) is 11.3 Å². The second-order valence-corrected chi connectivity index (χ2v) is 4.47. The van der Waals surface area contributed by atoms with E-state index >= 15 is 0 Å². The first-order valence-electron chi connectivity index (χ1n) is 5.15. The first kappa shape index (κ1) is 12.8. The second-order valence-electron chi connectivity index (χ2n) is 4.06. The second kappa shape index (κ2) is 5.21. The minimum atomic E-state index is -0.256. The molecule has 1 unspecified atom stereocenters. The van der Waals surface area contributed by atoms with Crippen LogP contribution in [0.25, 0.3) is 0 Å². The molecule has 0 saturated heterocycles. The minimum absolute atomic E-state index is 0.0386. The third-order valence-electron chi connectivity index (χ3n) is 2.37. The Labute approximate surface area is 101 Å². The molecule has 1 aromatic rings. The lowest BCUT2D eigenvalue weighted by Crippen LogP contribution is -2.36. The predicted molar refractivity (Wildman–Crippen MR) is 68.0 cm³/mol. The zero-order chi connectivity index (χ0) is 12.3. The average molecular weight is 241 g/mol. The molecule has 0 aliphatic rings. The third-order valence-corrected chi connectivity index (χ3v) is 2.77. The molecule has 0 aliphatic heterocycles. The van der Waals surface area contributed by atoms with E-state index in [0.29, 0.717) is 5.02 Å². The number of rotatable bonds is 3. The van der Waals surface area contributed by atoms with Gasteiger partial charge in [0.1, 0.15) is 6.04 Å². The Morgan fingerprint density at radius 2 is 2.06 bits per heavy atom. The van der Waals surface area contributed by atoms with E-state index in [-0.39, 0.29) is 11.9 Å². The van der Waals surface area contributed by atoms with Crippen molar-refractivity contribution in [1.82, 2.24) is 4.90 Å². The normalized spacial score (nSPS) is 12.1. The maximum Gasteiger partial charge on any atom is 0.244 e. The summed E-state index contributed by atoms with van der Waals surface area (Å²) >= 11 is 6.00. The Morgan fingerprint density at radius 3 is 2.56 bits per heavy atom. The van der Waals surface area contributed by atoms with E-state index in [1.165, 1.54) is 0 Å². The summed E-state index contributed by atoms with van der Waals surface area (Å²) in [5, 5.41) is 3.82. The van der Waals surface area contributed by atoms with Crippen LogP contribution in [0.1, 0.15) is 12.5 Å². The highest BCUT2D eigenvalue weighted by Gasteiger charge is 2.14. The molecular formula is C12H17ClN2O. The molecule has 0 aliphatic carbocycles. The zero-order valence-electron chi connectivity index (χ0n) is 10.0. The molecule has 3 nitrogen and oxygen atoms in total. The van der Waals surface area contributed by atoms with Gasteiger partial charge in [-0.2, -0.15) is 0 Å². The fourth-order valence-corrected chi connectivity index (χ4v) is 1.56. The molecule has 1 rings (SSSR count). The van der Waals surface area contributed by atoms with Gasteiger partial charge in [-0.1, -0.05) is 17.7 Å². The van der Waals surface area contributed by atoms with Gasteiger partial charge < -0.3 is 10.2 Å². The summed E-state index contributed by atoms with van der Waals surface area (Å²) in [6, 6.07) is 5.42. The number of halogens is 1. The summed E-state index contributed by atoms with van der Waals surface area (Å²) < 4.78 is 0. The molecule has 0 spiro atoms. The molecule has 1 aromatic carbocycles. The van der Waals surface area contributed by atoms with E-state index in [1.54, 1.807) is 19.0 Å². The Hall–Kier alpha value is -1.22. The minimum Gasteiger partial charge on any atom is -0.374 e. The summed E-state index contributed by atoms with van der Waals surface area (Å²) in [6.07, 6.45) is 0. The van der Waals surface area contributed by atoms with Gasteiger partial charge in [0.15, 0.2) is 0 Å². The van der Waals surface area contributed by atoms with E-state index in [2.05, 4.69) is 5.32 Å². The van der Waals surface area contributed by atoms with E-state index in [9.17, 15) is 4.79 Å². The number of nitrogens with zero attached hydrogens (tertiary/aromatic N) is 1. The van der Waals surface area contributed by atoms with Crippen LogP contribution in [-0.2, 0) is 4.79 Å². The Kier molecular flexibility index (Phi) is 4.19. The van der Waals surface area contributed by atoms with Crippen molar-refractivity contribution in [1.29, 1.82) is 0 Å². The van der Waals surface area contributed by atoms with Crippen LogP contribution in [0.4, 0.5) is 5.69 Å². The van der Waals surface area contributed by atoms with Crippen LogP contribution in [0.3, 0.4) is 0 Å². The number of anilines is 1. The highest BCUT2D eigenvalue weighted by atomic mass is 35.5. The van der Waals surface area contributed by atoms with Gasteiger partial charge in [-0.05, 0) is 31.5 Å². The van der Waals surface area contributed by atoms with E-state index in [4.69, 9.17) is 11.6 Å². The summed E-state index contributed by atoms with van der Waals surface area (Å²) in [7, 11) is 3.48. The number of carbonyl (C=O) groups is 1. The highest BCUT2D eigenvalue weighted by molar-refractivity contribution is 6.31. The predicted octanol–water partition coefficient (Wildman–Crippen LogP) is 2.54. The molecule has 16 heavy (non-hydrogen) atoms. The molecule has 4 heteroatoms. The standard InChI is InChI=1S/C12H17ClN2O/c1-8-5-6-10(7-11(8)13)14-9(2)12(16)15(3)4/h5-7,9,14H,1-4H3. The van der Waals surface area contributed by atoms with Crippen LogP contribution in [0.5, 0.6) is 0 Å². The summed E-state index contributed by atoms with van der Waals surface area (Å²) in [5.74, 6) is 0.0386. The van der Waals surface area contributed by atoms with E-state index < -0.39 is 0 Å². The van der Waals surface area contributed by atoms with Gasteiger partial charge >= 0.3 is 0 Å². The first-order chi connectivity index (χ1) is 7.41. The lowest BCUT2D eigenvalue weighted by molar-refractivity contribution is -0.129. The lowest BCUT2D eigenvalue weighted by atomic mass is 10.2. The monoisotopic (exact) mass is 240 g/mol. The number of hydrogen-bond acceptors (Lipinski definition) is 2. The number of amides is 1. The van der Waals surface area contributed by atoms with Crippen LogP contribution >= 0.6 is 11.6 Å². The number of aryl methyl sites for hydroxylation is 1. The number of likely N-dealkylation sites (N-methyl/N-ethyl adjacent to an activating group) is 1. The third kappa shape index (κ3) is 3.14. The molecule has 0 fully saturated rings. The van der Waals surface area contributed by atoms with Gasteiger partial charge in [-0.15, -0.1) is 0 Å². The van der Waals surface area contributed by atoms with Crippen molar-refractivity contribution in [2.45, 2.75) is 19.9 Å². The Bertz CT molecular complexity index is 391. The molecule has 0 saturated carbocycles. The Balaban J connectivity index is 2.73. The van der Waals surface area contributed by atoms with Gasteiger partial charge in [-0.3, -0.25) is 4.79 Å². The molecule has 1 N–H and O–H groups in total. The number of hydrogen-bond donors (Lipinski definition) is 1. The maximum absolute atomic E-state index is 11.6. The van der Waals surface area contributed by atoms with Crippen molar-refractivity contribution in [2.24, 2.45) is 0 Å². The fourth-order valence-electron chi connectivity index (χ4n) is 1.38. The lowest BCUT2D eigenvalue weighted by Gasteiger charge is -2.19. The van der Waals surface area contributed by atoms with Crippen molar-refractivity contribution in [3.8, 4) is 0 Å². The number of benzene rings is 1. The number of carbonyl (C=O) groups excluding carboxylic acids is 1. The van der Waals surface area contributed by atoms with Crippen LogP contribution in [0.2, 0.25) is 5.02 Å². The van der Waals surface area contributed by atoms with Gasteiger partial charge in [0.05, 0.1) is 0 Å². The highest BCUT2D eigenvalue weighted by Crippen LogP contribution is 2.20. The molecular weight excluding hydrogens is 224 g/mol. The topological polar surface area (TPSA) is 32.3 Å². The number of nitrogens with one attached hydrogen (secondary N) is 1. The van der Waals surface area contributed by atoms with Gasteiger partial charge in [0, 0.05) is 24.8 Å². The van der Waals surface area contributed by atoms with Crippen LogP contribution < -0.4 is 5.32 Å². The van der Waals surface area contributed by atoms with Gasteiger partial charge in [-0.25, -0.2) is 0 Å². The van der Waals surface area contributed by atoms with Crippen LogP contribution in [-0.4, -0.2) is 30.9 Å². The van der Waals surface area contributed by atoms with Gasteiger partial charge in [0.2, 0.25) is 5.91 Å². The average Bonchev–Trinajstić information content (AvgIpc) is 2.22. The molecule has 0 aromatic heterocycles. The van der Waals surface area contributed by atoms with Crippen LogP contribution in [0, 0.1) is 6.92 Å². The summed E-state index contributed by atoms with van der Waals surface area (Å²) in [5.41, 5.74) is 1.89. The zero-order valence-corrected chi connectivity index (χ0v) is 10.8. The largest absolute Gasteiger partial charge is 0.374 e. The summed E-state index contributed by atoms with van der Waals surface area (Å²) in [4.78, 5) is 13.2.